The number of guanidine groups is 1. The van der Waals surface area contributed by atoms with E-state index in [0.717, 1.165) is 30.8 Å². The van der Waals surface area contributed by atoms with Crippen LogP contribution in [0, 0.1) is 17.8 Å². The number of hydrogen-bond acceptors (Lipinski definition) is 2. The van der Waals surface area contributed by atoms with Crippen LogP contribution in [0.25, 0.3) is 0 Å². The molecule has 3 nitrogen and oxygen atoms in total. The lowest BCUT2D eigenvalue weighted by atomic mass is 9.82. The molecule has 2 heterocycles. The third kappa shape index (κ3) is 4.08. The molecule has 2 unspecified atom stereocenters. The summed E-state index contributed by atoms with van der Waals surface area (Å²) in [7, 11) is 0. The number of likely N-dealkylation sites (tertiary alicyclic amines) is 1. The summed E-state index contributed by atoms with van der Waals surface area (Å²) in [4.78, 5) is 7.56. The van der Waals surface area contributed by atoms with Gasteiger partial charge in [-0.2, -0.15) is 11.8 Å². The SMILES string of the molecule is CCNC(=NCC1CCSCC1)N1CC2CCCCC2C1. The van der Waals surface area contributed by atoms with E-state index in [2.05, 4.69) is 28.9 Å². The van der Waals surface area contributed by atoms with Crippen LogP contribution in [0.15, 0.2) is 4.99 Å². The van der Waals surface area contributed by atoms with Crippen LogP contribution >= 0.6 is 11.8 Å². The van der Waals surface area contributed by atoms with Crippen molar-refractivity contribution in [2.45, 2.75) is 45.4 Å². The maximum Gasteiger partial charge on any atom is 0.193 e. The monoisotopic (exact) mass is 309 g/mol. The predicted molar refractivity (Wildman–Crippen MR) is 93.0 cm³/mol. The molecule has 120 valence electrons. The number of thioether (sulfide) groups is 1. The quantitative estimate of drug-likeness (QED) is 0.641. The largest absolute Gasteiger partial charge is 0.357 e. The fourth-order valence-corrected chi connectivity index (χ4v) is 5.35. The van der Waals surface area contributed by atoms with E-state index in [1.165, 1.54) is 69.1 Å². The van der Waals surface area contributed by atoms with Gasteiger partial charge in [-0.05, 0) is 61.9 Å². The van der Waals surface area contributed by atoms with Crippen LogP contribution < -0.4 is 5.32 Å². The molecular formula is C17H31N3S. The van der Waals surface area contributed by atoms with Crippen molar-refractivity contribution in [3.8, 4) is 0 Å². The third-order valence-corrected chi connectivity index (χ3v) is 6.50. The Balaban J connectivity index is 1.58. The van der Waals surface area contributed by atoms with E-state index in [9.17, 15) is 0 Å². The average Bonchev–Trinajstić information content (AvgIpc) is 2.96. The Morgan fingerprint density at radius 2 is 1.76 bits per heavy atom. The molecule has 3 aliphatic rings. The minimum Gasteiger partial charge on any atom is -0.357 e. The van der Waals surface area contributed by atoms with E-state index in [1.54, 1.807) is 0 Å². The van der Waals surface area contributed by atoms with E-state index in [-0.39, 0.29) is 0 Å². The van der Waals surface area contributed by atoms with Gasteiger partial charge in [-0.25, -0.2) is 0 Å². The molecule has 21 heavy (non-hydrogen) atoms. The molecule has 2 saturated heterocycles. The first-order chi connectivity index (χ1) is 10.4. The normalized spacial score (nSPS) is 31.3. The molecule has 1 N–H and O–H groups in total. The molecule has 2 aliphatic heterocycles. The van der Waals surface area contributed by atoms with Crippen molar-refractivity contribution >= 4 is 17.7 Å². The molecule has 4 heteroatoms. The van der Waals surface area contributed by atoms with E-state index < -0.39 is 0 Å². The van der Waals surface area contributed by atoms with Crippen LogP contribution in [0.4, 0.5) is 0 Å². The van der Waals surface area contributed by atoms with E-state index in [1.807, 2.05) is 0 Å². The number of hydrogen-bond donors (Lipinski definition) is 1. The van der Waals surface area contributed by atoms with Gasteiger partial charge in [0.15, 0.2) is 5.96 Å². The van der Waals surface area contributed by atoms with Gasteiger partial charge in [0, 0.05) is 26.2 Å². The minimum atomic E-state index is 0.824. The van der Waals surface area contributed by atoms with Crippen molar-refractivity contribution < 1.29 is 0 Å². The highest BCUT2D eigenvalue weighted by Crippen LogP contribution is 2.36. The summed E-state index contributed by atoms with van der Waals surface area (Å²) in [6, 6.07) is 0. The van der Waals surface area contributed by atoms with Crippen LogP contribution in [0.3, 0.4) is 0 Å². The molecule has 3 fully saturated rings. The van der Waals surface area contributed by atoms with Crippen LogP contribution in [-0.2, 0) is 0 Å². The Morgan fingerprint density at radius 3 is 2.38 bits per heavy atom. The van der Waals surface area contributed by atoms with E-state index in [4.69, 9.17) is 4.99 Å². The van der Waals surface area contributed by atoms with E-state index in [0.29, 0.717) is 0 Å². The maximum absolute atomic E-state index is 5.00. The minimum absolute atomic E-state index is 0.824. The van der Waals surface area contributed by atoms with Crippen molar-refractivity contribution in [2.24, 2.45) is 22.7 Å². The van der Waals surface area contributed by atoms with Gasteiger partial charge in [0.1, 0.15) is 0 Å². The average molecular weight is 310 g/mol. The third-order valence-electron chi connectivity index (χ3n) is 5.45. The highest BCUT2D eigenvalue weighted by atomic mass is 32.2. The molecular weight excluding hydrogens is 278 g/mol. The summed E-state index contributed by atoms with van der Waals surface area (Å²) in [5.74, 6) is 6.58. The van der Waals surface area contributed by atoms with Gasteiger partial charge in [-0.1, -0.05) is 12.8 Å². The fourth-order valence-electron chi connectivity index (χ4n) is 4.15. The molecule has 2 atom stereocenters. The maximum atomic E-state index is 5.00. The van der Waals surface area contributed by atoms with Gasteiger partial charge in [-0.3, -0.25) is 4.99 Å². The first-order valence-electron chi connectivity index (χ1n) is 8.97. The first-order valence-corrected chi connectivity index (χ1v) is 10.1. The molecule has 0 radical (unpaired) electrons. The Labute approximate surface area is 134 Å². The zero-order valence-electron chi connectivity index (χ0n) is 13.5. The van der Waals surface area contributed by atoms with Crippen molar-refractivity contribution in [1.29, 1.82) is 0 Å². The fraction of sp³-hybridized carbons (Fsp3) is 0.941. The molecule has 0 aromatic heterocycles. The lowest BCUT2D eigenvalue weighted by Gasteiger charge is -2.24. The Kier molecular flexibility index (Phi) is 5.73. The van der Waals surface area contributed by atoms with Crippen molar-refractivity contribution in [1.82, 2.24) is 10.2 Å². The van der Waals surface area contributed by atoms with Crippen LogP contribution in [0.2, 0.25) is 0 Å². The van der Waals surface area contributed by atoms with Gasteiger partial charge in [0.25, 0.3) is 0 Å². The summed E-state index contributed by atoms with van der Waals surface area (Å²) in [6.07, 6.45) is 8.50. The summed E-state index contributed by atoms with van der Waals surface area (Å²) >= 11 is 2.11. The summed E-state index contributed by atoms with van der Waals surface area (Å²) < 4.78 is 0. The van der Waals surface area contributed by atoms with Gasteiger partial charge in [0.2, 0.25) is 0 Å². The summed E-state index contributed by atoms with van der Waals surface area (Å²) in [6.45, 7) is 6.71. The van der Waals surface area contributed by atoms with Gasteiger partial charge >= 0.3 is 0 Å². The summed E-state index contributed by atoms with van der Waals surface area (Å²) in [5, 5.41) is 3.54. The molecule has 1 saturated carbocycles. The lowest BCUT2D eigenvalue weighted by Crippen LogP contribution is -2.40. The zero-order chi connectivity index (χ0) is 14.5. The lowest BCUT2D eigenvalue weighted by molar-refractivity contribution is 0.299. The number of fused-ring (bicyclic) bond motifs is 1. The Morgan fingerprint density at radius 1 is 1.10 bits per heavy atom. The van der Waals surface area contributed by atoms with Crippen molar-refractivity contribution in [3.63, 3.8) is 0 Å². The van der Waals surface area contributed by atoms with Crippen LogP contribution in [-0.4, -0.2) is 48.5 Å². The number of nitrogens with one attached hydrogen (secondary N) is 1. The number of nitrogens with zero attached hydrogens (tertiary/aromatic N) is 2. The van der Waals surface area contributed by atoms with Gasteiger partial charge in [-0.15, -0.1) is 0 Å². The number of rotatable bonds is 3. The number of aliphatic imine (C=N–C) groups is 1. The smallest absolute Gasteiger partial charge is 0.193 e. The zero-order valence-corrected chi connectivity index (χ0v) is 14.3. The molecule has 0 bridgehead atoms. The first kappa shape index (κ1) is 15.5. The van der Waals surface area contributed by atoms with Crippen LogP contribution in [0.5, 0.6) is 0 Å². The molecule has 0 spiro atoms. The van der Waals surface area contributed by atoms with E-state index >= 15 is 0 Å². The highest BCUT2D eigenvalue weighted by molar-refractivity contribution is 7.99. The van der Waals surface area contributed by atoms with Crippen molar-refractivity contribution in [3.05, 3.63) is 0 Å². The molecule has 0 amide bonds. The topological polar surface area (TPSA) is 27.6 Å². The second-order valence-corrected chi connectivity index (χ2v) is 8.18. The van der Waals surface area contributed by atoms with Crippen LogP contribution in [0.1, 0.15) is 45.4 Å². The van der Waals surface area contributed by atoms with Gasteiger partial charge in [0.05, 0.1) is 0 Å². The van der Waals surface area contributed by atoms with Gasteiger partial charge < -0.3 is 10.2 Å². The summed E-state index contributed by atoms with van der Waals surface area (Å²) in [5.41, 5.74) is 0. The molecule has 1 aliphatic carbocycles. The Hall–Kier alpha value is -0.380. The predicted octanol–water partition coefficient (Wildman–Crippen LogP) is 3.22. The molecule has 3 rings (SSSR count). The Bertz CT molecular complexity index is 338. The molecule has 0 aromatic carbocycles. The highest BCUT2D eigenvalue weighted by Gasteiger charge is 2.35. The second kappa shape index (κ2) is 7.75. The molecule has 0 aromatic rings. The standard InChI is InChI=1S/C17H31N3S/c1-2-18-17(19-11-14-7-9-21-10-8-14)20-12-15-5-3-4-6-16(15)13-20/h14-16H,2-13H2,1H3,(H,18,19). The van der Waals surface area contributed by atoms with Crippen molar-refractivity contribution in [2.75, 3.05) is 37.7 Å². The second-order valence-electron chi connectivity index (χ2n) is 6.96.